The second-order valence-corrected chi connectivity index (χ2v) is 5.37. The molecule has 2 N–H and O–H groups in total. The van der Waals surface area contributed by atoms with Crippen LogP contribution in [0.25, 0.3) is 0 Å². The van der Waals surface area contributed by atoms with E-state index in [-0.39, 0.29) is 0 Å². The van der Waals surface area contributed by atoms with E-state index in [2.05, 4.69) is 12.2 Å². The lowest BCUT2D eigenvalue weighted by Crippen LogP contribution is -2.27. The lowest BCUT2D eigenvalue weighted by molar-refractivity contribution is 0.275. The summed E-state index contributed by atoms with van der Waals surface area (Å²) in [5.41, 5.74) is 0. The monoisotopic (exact) mass is 227 g/mol. The summed E-state index contributed by atoms with van der Waals surface area (Å²) < 4.78 is 0. The minimum absolute atomic E-state index is 0.327. The topological polar surface area (TPSA) is 32.3 Å². The van der Waals surface area contributed by atoms with Gasteiger partial charge in [0.2, 0.25) is 0 Å². The minimum atomic E-state index is 0.327. The third-order valence-corrected chi connectivity index (χ3v) is 3.80. The van der Waals surface area contributed by atoms with Crippen LogP contribution < -0.4 is 5.32 Å². The van der Waals surface area contributed by atoms with E-state index in [1.807, 2.05) is 0 Å². The zero-order valence-corrected chi connectivity index (χ0v) is 10.9. The Bertz CT molecular complexity index is 155. The fourth-order valence-electron chi connectivity index (χ4n) is 2.71. The van der Waals surface area contributed by atoms with Crippen molar-refractivity contribution in [3.63, 3.8) is 0 Å². The first-order valence-corrected chi connectivity index (χ1v) is 7.17. The number of rotatable bonds is 8. The molecule has 0 radical (unpaired) electrons. The lowest BCUT2D eigenvalue weighted by atomic mass is 9.86. The Morgan fingerprint density at radius 3 is 2.62 bits per heavy atom. The van der Waals surface area contributed by atoms with Crippen LogP contribution in [0.1, 0.15) is 64.7 Å². The zero-order valence-electron chi connectivity index (χ0n) is 10.9. The minimum Gasteiger partial charge on any atom is -0.396 e. The van der Waals surface area contributed by atoms with Crippen LogP contribution in [0, 0.1) is 5.92 Å². The van der Waals surface area contributed by atoms with E-state index in [0.29, 0.717) is 12.6 Å². The van der Waals surface area contributed by atoms with Gasteiger partial charge in [0.05, 0.1) is 0 Å². The predicted molar refractivity (Wildman–Crippen MR) is 69.6 cm³/mol. The molecule has 1 saturated carbocycles. The number of nitrogens with one attached hydrogen (secondary N) is 1. The summed E-state index contributed by atoms with van der Waals surface area (Å²) in [6, 6.07) is 0.568. The van der Waals surface area contributed by atoms with Crippen molar-refractivity contribution in [2.24, 2.45) is 5.92 Å². The van der Waals surface area contributed by atoms with Gasteiger partial charge in [0.25, 0.3) is 0 Å². The Kier molecular flexibility index (Phi) is 7.87. The van der Waals surface area contributed by atoms with E-state index < -0.39 is 0 Å². The molecule has 1 rings (SSSR count). The molecule has 1 unspecified atom stereocenters. The molecule has 0 aliphatic heterocycles. The third-order valence-electron chi connectivity index (χ3n) is 3.80. The maximum atomic E-state index is 8.73. The third kappa shape index (κ3) is 6.49. The Morgan fingerprint density at radius 2 is 1.94 bits per heavy atom. The summed E-state index contributed by atoms with van der Waals surface area (Å²) in [6.07, 6.45) is 12.1. The molecule has 0 amide bonds. The highest BCUT2D eigenvalue weighted by Crippen LogP contribution is 2.26. The second kappa shape index (κ2) is 9.00. The van der Waals surface area contributed by atoms with E-state index in [4.69, 9.17) is 5.11 Å². The first-order valence-electron chi connectivity index (χ1n) is 7.17. The van der Waals surface area contributed by atoms with Crippen molar-refractivity contribution in [3.8, 4) is 0 Å². The number of aliphatic hydroxyl groups is 1. The Hall–Kier alpha value is -0.0800. The van der Waals surface area contributed by atoms with Gasteiger partial charge in [-0.05, 0) is 45.1 Å². The smallest absolute Gasteiger partial charge is 0.0431 e. The SMILES string of the molecule is CC(CCCO)NCCCC1CCCCC1. The lowest BCUT2D eigenvalue weighted by Gasteiger charge is -2.21. The number of hydrogen-bond acceptors (Lipinski definition) is 2. The van der Waals surface area contributed by atoms with E-state index in [0.717, 1.165) is 25.3 Å². The largest absolute Gasteiger partial charge is 0.396 e. The van der Waals surface area contributed by atoms with E-state index in [1.54, 1.807) is 0 Å². The van der Waals surface area contributed by atoms with Crippen molar-refractivity contribution < 1.29 is 5.11 Å². The van der Waals surface area contributed by atoms with Crippen molar-refractivity contribution in [2.45, 2.75) is 70.8 Å². The number of hydrogen-bond donors (Lipinski definition) is 2. The fourth-order valence-corrected chi connectivity index (χ4v) is 2.71. The first-order chi connectivity index (χ1) is 7.83. The first kappa shape index (κ1) is 14.0. The molecule has 1 aliphatic rings. The summed E-state index contributed by atoms with van der Waals surface area (Å²) in [4.78, 5) is 0. The Balaban J connectivity index is 1.90. The van der Waals surface area contributed by atoms with Gasteiger partial charge in [0.1, 0.15) is 0 Å². The van der Waals surface area contributed by atoms with Crippen LogP contribution in [-0.4, -0.2) is 24.3 Å². The molecule has 96 valence electrons. The highest BCUT2D eigenvalue weighted by molar-refractivity contribution is 4.67. The molecule has 0 saturated heterocycles. The second-order valence-electron chi connectivity index (χ2n) is 5.37. The maximum Gasteiger partial charge on any atom is 0.0431 e. The van der Waals surface area contributed by atoms with Gasteiger partial charge in [0.15, 0.2) is 0 Å². The highest BCUT2D eigenvalue weighted by Gasteiger charge is 2.12. The molecule has 16 heavy (non-hydrogen) atoms. The molecule has 1 aliphatic carbocycles. The molecule has 0 aromatic rings. The van der Waals surface area contributed by atoms with E-state index in [1.165, 1.54) is 44.9 Å². The van der Waals surface area contributed by atoms with E-state index >= 15 is 0 Å². The van der Waals surface area contributed by atoms with Gasteiger partial charge in [-0.1, -0.05) is 32.1 Å². The van der Waals surface area contributed by atoms with Crippen LogP contribution >= 0.6 is 0 Å². The van der Waals surface area contributed by atoms with Crippen molar-refractivity contribution in [1.29, 1.82) is 0 Å². The summed E-state index contributed by atoms with van der Waals surface area (Å²) in [6.45, 7) is 3.70. The quantitative estimate of drug-likeness (QED) is 0.625. The number of aliphatic hydroxyl groups excluding tert-OH is 1. The molecule has 0 bridgehead atoms. The van der Waals surface area contributed by atoms with Crippen LogP contribution in [0.2, 0.25) is 0 Å². The van der Waals surface area contributed by atoms with Crippen molar-refractivity contribution in [1.82, 2.24) is 5.32 Å². The van der Waals surface area contributed by atoms with Gasteiger partial charge in [-0.15, -0.1) is 0 Å². The average molecular weight is 227 g/mol. The van der Waals surface area contributed by atoms with E-state index in [9.17, 15) is 0 Å². The molecule has 1 fully saturated rings. The normalized spacial score (nSPS) is 19.9. The molecule has 2 heteroatoms. The molecule has 0 aromatic carbocycles. The molecular formula is C14H29NO. The Labute approximate surface area is 101 Å². The molecule has 2 nitrogen and oxygen atoms in total. The summed E-state index contributed by atoms with van der Waals surface area (Å²) >= 11 is 0. The van der Waals surface area contributed by atoms with Gasteiger partial charge in [-0.3, -0.25) is 0 Å². The van der Waals surface area contributed by atoms with Gasteiger partial charge < -0.3 is 10.4 Å². The molecule has 0 spiro atoms. The summed E-state index contributed by atoms with van der Waals surface area (Å²) in [7, 11) is 0. The predicted octanol–water partition coefficient (Wildman–Crippen LogP) is 3.10. The molecule has 0 heterocycles. The van der Waals surface area contributed by atoms with Gasteiger partial charge >= 0.3 is 0 Å². The summed E-state index contributed by atoms with van der Waals surface area (Å²) in [5, 5.41) is 12.3. The molecule has 1 atom stereocenters. The Morgan fingerprint density at radius 1 is 1.19 bits per heavy atom. The van der Waals surface area contributed by atoms with Gasteiger partial charge in [-0.25, -0.2) is 0 Å². The van der Waals surface area contributed by atoms with Crippen molar-refractivity contribution in [3.05, 3.63) is 0 Å². The van der Waals surface area contributed by atoms with Crippen LogP contribution in [0.5, 0.6) is 0 Å². The zero-order chi connectivity index (χ0) is 11.6. The molecule has 0 aromatic heterocycles. The highest BCUT2D eigenvalue weighted by atomic mass is 16.2. The molecular weight excluding hydrogens is 198 g/mol. The average Bonchev–Trinajstić information content (AvgIpc) is 2.33. The van der Waals surface area contributed by atoms with Gasteiger partial charge in [-0.2, -0.15) is 0 Å². The van der Waals surface area contributed by atoms with Crippen LogP contribution in [-0.2, 0) is 0 Å². The maximum absolute atomic E-state index is 8.73. The van der Waals surface area contributed by atoms with Crippen LogP contribution in [0.15, 0.2) is 0 Å². The van der Waals surface area contributed by atoms with Crippen LogP contribution in [0.3, 0.4) is 0 Å². The standard InChI is InChI=1S/C14H29NO/c1-13(7-6-12-16)15-11-5-10-14-8-3-2-4-9-14/h13-16H,2-12H2,1H3. The van der Waals surface area contributed by atoms with Crippen LogP contribution in [0.4, 0.5) is 0 Å². The van der Waals surface area contributed by atoms with Gasteiger partial charge in [0, 0.05) is 12.6 Å². The summed E-state index contributed by atoms with van der Waals surface area (Å²) in [5.74, 6) is 1.02. The van der Waals surface area contributed by atoms with Crippen molar-refractivity contribution in [2.75, 3.05) is 13.2 Å². The van der Waals surface area contributed by atoms with Crippen molar-refractivity contribution >= 4 is 0 Å². The fraction of sp³-hybridized carbons (Fsp3) is 1.00.